The Hall–Kier alpha value is -3.40. The molecule has 0 radical (unpaired) electrons. The van der Waals surface area contributed by atoms with Crippen molar-refractivity contribution in [3.05, 3.63) is 71.0 Å². The fourth-order valence-electron chi connectivity index (χ4n) is 2.67. The summed E-state index contributed by atoms with van der Waals surface area (Å²) in [6.45, 7) is 0.285. The van der Waals surface area contributed by atoms with Gasteiger partial charge in [-0.15, -0.1) is 0 Å². The SMILES string of the molecule is NC(N)=NOS(=O)(=O)CC(=O)c1cccc(C2=CCOc3ccc(F)cc32)c1. The van der Waals surface area contributed by atoms with Gasteiger partial charge in [-0.25, -0.2) is 4.39 Å². The maximum absolute atomic E-state index is 13.7. The van der Waals surface area contributed by atoms with E-state index < -0.39 is 33.4 Å². The highest BCUT2D eigenvalue weighted by molar-refractivity contribution is 7.87. The number of fused-ring (bicyclic) bond motifs is 1. The average molecular weight is 405 g/mol. The van der Waals surface area contributed by atoms with E-state index in [0.717, 1.165) is 0 Å². The van der Waals surface area contributed by atoms with E-state index in [1.54, 1.807) is 18.2 Å². The van der Waals surface area contributed by atoms with Crippen molar-refractivity contribution < 1.29 is 26.6 Å². The first-order valence-electron chi connectivity index (χ1n) is 8.02. The molecule has 8 nitrogen and oxygen atoms in total. The summed E-state index contributed by atoms with van der Waals surface area (Å²) in [5.41, 5.74) is 12.0. The third-order valence-electron chi connectivity index (χ3n) is 3.82. The first-order chi connectivity index (χ1) is 13.2. The molecule has 1 heterocycles. The molecule has 0 unspecified atom stereocenters. The smallest absolute Gasteiger partial charge is 0.336 e. The fraction of sp³-hybridized carbons (Fsp3) is 0.111. The van der Waals surface area contributed by atoms with Gasteiger partial charge in [0.05, 0.1) is 0 Å². The van der Waals surface area contributed by atoms with E-state index in [9.17, 15) is 17.6 Å². The molecule has 1 aliphatic heterocycles. The molecule has 0 aliphatic carbocycles. The second kappa shape index (κ2) is 7.69. The Morgan fingerprint density at radius 1 is 1.21 bits per heavy atom. The zero-order valence-electron chi connectivity index (χ0n) is 14.5. The van der Waals surface area contributed by atoms with Crippen molar-refractivity contribution in [1.82, 2.24) is 0 Å². The first-order valence-corrected chi connectivity index (χ1v) is 9.60. The lowest BCUT2D eigenvalue weighted by molar-refractivity contribution is 0.101. The normalized spacial score (nSPS) is 13.0. The number of hydrogen-bond acceptors (Lipinski definition) is 6. The Morgan fingerprint density at radius 3 is 2.75 bits per heavy atom. The predicted molar refractivity (Wildman–Crippen MR) is 100 cm³/mol. The Morgan fingerprint density at radius 2 is 2.00 bits per heavy atom. The molecule has 0 spiro atoms. The van der Waals surface area contributed by atoms with Crippen LogP contribution in [0.15, 0.2) is 53.7 Å². The molecule has 3 rings (SSSR count). The molecule has 0 atom stereocenters. The van der Waals surface area contributed by atoms with E-state index in [2.05, 4.69) is 9.44 Å². The second-order valence-corrected chi connectivity index (χ2v) is 7.42. The molecule has 0 saturated heterocycles. The highest BCUT2D eigenvalue weighted by atomic mass is 32.2. The number of rotatable bonds is 6. The monoisotopic (exact) mass is 405 g/mol. The Bertz CT molecular complexity index is 1090. The predicted octanol–water partition coefficient (Wildman–Crippen LogP) is 1.37. The third kappa shape index (κ3) is 4.46. The first kappa shape index (κ1) is 19.4. The van der Waals surface area contributed by atoms with E-state index in [1.165, 1.54) is 30.3 Å². The van der Waals surface area contributed by atoms with Gasteiger partial charge in [-0.05, 0) is 46.6 Å². The lowest BCUT2D eigenvalue weighted by atomic mass is 9.93. The van der Waals surface area contributed by atoms with Gasteiger partial charge in [0.1, 0.15) is 18.2 Å². The summed E-state index contributed by atoms with van der Waals surface area (Å²) in [6, 6.07) is 10.5. The summed E-state index contributed by atoms with van der Waals surface area (Å²) in [7, 11) is -4.30. The van der Waals surface area contributed by atoms with Gasteiger partial charge in [-0.1, -0.05) is 18.2 Å². The summed E-state index contributed by atoms with van der Waals surface area (Å²) in [5, 5.41) is 2.94. The summed E-state index contributed by atoms with van der Waals surface area (Å²) < 4.78 is 46.9. The van der Waals surface area contributed by atoms with E-state index in [1.807, 2.05) is 0 Å². The summed E-state index contributed by atoms with van der Waals surface area (Å²) in [6.07, 6.45) is 1.75. The molecular formula is C18H16FN3O5S. The van der Waals surface area contributed by atoms with Crippen molar-refractivity contribution in [2.24, 2.45) is 16.6 Å². The Kier molecular flexibility index (Phi) is 5.32. The fourth-order valence-corrected chi connectivity index (χ4v) is 3.41. The minimum Gasteiger partial charge on any atom is -0.489 e. The molecule has 2 aromatic carbocycles. The van der Waals surface area contributed by atoms with Gasteiger partial charge in [-0.2, -0.15) is 8.42 Å². The number of ether oxygens (including phenoxy) is 1. The van der Waals surface area contributed by atoms with E-state index in [0.29, 0.717) is 22.4 Å². The van der Waals surface area contributed by atoms with Crippen LogP contribution >= 0.6 is 0 Å². The summed E-state index contributed by atoms with van der Waals surface area (Å²) in [4.78, 5) is 12.4. The zero-order valence-corrected chi connectivity index (χ0v) is 15.3. The molecule has 0 bridgehead atoms. The molecule has 10 heteroatoms. The van der Waals surface area contributed by atoms with Crippen molar-refractivity contribution in [3.8, 4) is 5.75 Å². The van der Waals surface area contributed by atoms with Crippen molar-refractivity contribution >= 4 is 27.4 Å². The van der Waals surface area contributed by atoms with Gasteiger partial charge < -0.3 is 16.2 Å². The van der Waals surface area contributed by atoms with Crippen LogP contribution in [0.4, 0.5) is 4.39 Å². The van der Waals surface area contributed by atoms with Gasteiger partial charge in [0, 0.05) is 11.1 Å². The van der Waals surface area contributed by atoms with Crippen LogP contribution in [0.2, 0.25) is 0 Å². The number of halogens is 1. The summed E-state index contributed by atoms with van der Waals surface area (Å²) >= 11 is 0. The van der Waals surface area contributed by atoms with Crippen molar-refractivity contribution in [1.29, 1.82) is 0 Å². The van der Waals surface area contributed by atoms with Gasteiger partial charge in [-0.3, -0.25) is 9.08 Å². The second-order valence-electron chi connectivity index (χ2n) is 5.87. The number of ketones is 1. The largest absolute Gasteiger partial charge is 0.489 e. The molecule has 0 saturated carbocycles. The lowest BCUT2D eigenvalue weighted by Gasteiger charge is -2.19. The third-order valence-corrected chi connectivity index (χ3v) is 4.74. The van der Waals surface area contributed by atoms with Gasteiger partial charge >= 0.3 is 10.1 Å². The maximum atomic E-state index is 13.7. The number of nitrogens with zero attached hydrogens (tertiary/aromatic N) is 1. The van der Waals surface area contributed by atoms with Crippen LogP contribution in [0.3, 0.4) is 0 Å². The number of guanidine groups is 1. The van der Waals surface area contributed by atoms with Crippen LogP contribution in [0.25, 0.3) is 5.57 Å². The molecule has 2 aromatic rings. The number of nitrogens with two attached hydrogens (primary N) is 2. The van der Waals surface area contributed by atoms with Crippen LogP contribution in [0.5, 0.6) is 5.75 Å². The molecule has 0 amide bonds. The maximum Gasteiger partial charge on any atom is 0.336 e. The average Bonchev–Trinajstić information content (AvgIpc) is 2.66. The molecule has 146 valence electrons. The van der Waals surface area contributed by atoms with E-state index in [-0.39, 0.29) is 12.2 Å². The molecule has 28 heavy (non-hydrogen) atoms. The van der Waals surface area contributed by atoms with Gasteiger partial charge in [0.25, 0.3) is 0 Å². The lowest BCUT2D eigenvalue weighted by Crippen LogP contribution is -2.25. The summed E-state index contributed by atoms with van der Waals surface area (Å²) in [5.74, 6) is -2.15. The number of benzene rings is 2. The number of oxime groups is 1. The highest BCUT2D eigenvalue weighted by Crippen LogP contribution is 2.35. The molecule has 0 fully saturated rings. The van der Waals surface area contributed by atoms with Crippen molar-refractivity contribution in [3.63, 3.8) is 0 Å². The minimum absolute atomic E-state index is 0.139. The van der Waals surface area contributed by atoms with Crippen molar-refractivity contribution in [2.45, 2.75) is 0 Å². The molecule has 4 N–H and O–H groups in total. The molecule has 0 aromatic heterocycles. The van der Waals surface area contributed by atoms with Gasteiger partial charge in [0.15, 0.2) is 11.5 Å². The number of Topliss-reactive ketones (excluding diaryl/α,β-unsaturated/α-hetero) is 1. The number of hydrogen-bond donors (Lipinski definition) is 2. The van der Waals surface area contributed by atoms with Crippen LogP contribution in [0, 0.1) is 5.82 Å². The van der Waals surface area contributed by atoms with Gasteiger partial charge in [0.2, 0.25) is 5.96 Å². The number of carbonyl (C=O) groups excluding carboxylic acids is 1. The highest BCUT2D eigenvalue weighted by Gasteiger charge is 2.21. The number of carbonyl (C=O) groups is 1. The topological polar surface area (TPSA) is 134 Å². The van der Waals surface area contributed by atoms with Crippen molar-refractivity contribution in [2.75, 3.05) is 12.4 Å². The Labute approximate surface area is 160 Å². The van der Waals surface area contributed by atoms with Crippen LogP contribution in [-0.4, -0.2) is 32.5 Å². The minimum atomic E-state index is -4.30. The molecular weight excluding hydrogens is 389 g/mol. The van der Waals surface area contributed by atoms with Crippen LogP contribution in [0.1, 0.15) is 21.5 Å². The van der Waals surface area contributed by atoms with Crippen LogP contribution in [-0.2, 0) is 14.4 Å². The van der Waals surface area contributed by atoms with Crippen LogP contribution < -0.4 is 16.2 Å². The van der Waals surface area contributed by atoms with E-state index >= 15 is 0 Å². The van der Waals surface area contributed by atoms with E-state index in [4.69, 9.17) is 16.2 Å². The molecule has 1 aliphatic rings. The zero-order chi connectivity index (χ0) is 20.3. The standard InChI is InChI=1S/C18H16FN3O5S/c19-13-4-5-17-15(9-13)14(6-7-26-17)11-2-1-3-12(8-11)16(23)10-28(24,25)27-22-18(20)21/h1-6,8-9H,7,10H2,(H4,20,21,22). The quantitative estimate of drug-likeness (QED) is 0.321. The Balaban J connectivity index is 1.88.